The van der Waals surface area contributed by atoms with Crippen molar-refractivity contribution in [2.24, 2.45) is 13.0 Å². The molecule has 21 heavy (non-hydrogen) atoms. The predicted molar refractivity (Wildman–Crippen MR) is 91.8 cm³/mol. The molecule has 0 aliphatic rings. The summed E-state index contributed by atoms with van der Waals surface area (Å²) in [6.07, 6.45) is 7.75. The molecule has 2 atom stereocenters. The van der Waals surface area contributed by atoms with E-state index in [1.165, 1.54) is 49.1 Å². The molecule has 0 bridgehead atoms. The van der Waals surface area contributed by atoms with E-state index in [2.05, 4.69) is 45.0 Å². The lowest BCUT2D eigenvalue weighted by atomic mass is 9.89. The molecule has 0 saturated carbocycles. The number of rotatable bonds is 10. The Morgan fingerprint density at radius 1 is 1.19 bits per heavy atom. The predicted octanol–water partition coefficient (Wildman–Crippen LogP) is 4.16. The Morgan fingerprint density at radius 3 is 2.38 bits per heavy atom. The van der Waals surface area contributed by atoms with Crippen LogP contribution in [0.5, 0.6) is 0 Å². The van der Waals surface area contributed by atoms with Crippen molar-refractivity contribution in [1.82, 2.24) is 15.1 Å². The van der Waals surface area contributed by atoms with E-state index in [0.29, 0.717) is 6.04 Å². The highest BCUT2D eigenvalue weighted by Gasteiger charge is 2.18. The second-order valence-corrected chi connectivity index (χ2v) is 6.38. The van der Waals surface area contributed by atoms with Gasteiger partial charge in [0.05, 0.1) is 5.69 Å². The number of unbranched alkanes of at least 4 members (excludes halogenated alkanes) is 1. The van der Waals surface area contributed by atoms with Crippen LogP contribution in [0.3, 0.4) is 0 Å². The molecular formula is C18H35N3. The molecule has 3 heteroatoms. The molecule has 0 amide bonds. The van der Waals surface area contributed by atoms with Crippen molar-refractivity contribution in [2.75, 3.05) is 6.54 Å². The van der Waals surface area contributed by atoms with Gasteiger partial charge in [0.1, 0.15) is 0 Å². The van der Waals surface area contributed by atoms with Crippen molar-refractivity contribution in [3.05, 3.63) is 17.0 Å². The fourth-order valence-electron chi connectivity index (χ4n) is 3.27. The van der Waals surface area contributed by atoms with E-state index in [1.54, 1.807) is 0 Å². The lowest BCUT2D eigenvalue weighted by molar-refractivity contribution is 0.350. The molecule has 1 rings (SSSR count). The van der Waals surface area contributed by atoms with Gasteiger partial charge >= 0.3 is 0 Å². The number of aryl methyl sites for hydroxylation is 2. The standard InChI is InChI=1S/C18H35N3/c1-7-10-11-16(8-2)12-17(19-9-3)13-18-14(4)20-21(6)15(18)5/h16-17,19H,7-13H2,1-6H3. The minimum atomic E-state index is 0.582. The minimum Gasteiger partial charge on any atom is -0.314 e. The zero-order chi connectivity index (χ0) is 15.8. The molecule has 0 radical (unpaired) electrons. The van der Waals surface area contributed by atoms with Gasteiger partial charge in [-0.25, -0.2) is 0 Å². The van der Waals surface area contributed by atoms with Crippen LogP contribution in [0.2, 0.25) is 0 Å². The monoisotopic (exact) mass is 293 g/mol. The summed E-state index contributed by atoms with van der Waals surface area (Å²) in [6.45, 7) is 12.2. The number of aromatic nitrogens is 2. The molecule has 3 nitrogen and oxygen atoms in total. The van der Waals surface area contributed by atoms with Gasteiger partial charge in [-0.1, -0.05) is 46.5 Å². The third kappa shape index (κ3) is 5.46. The second-order valence-electron chi connectivity index (χ2n) is 6.38. The summed E-state index contributed by atoms with van der Waals surface area (Å²) < 4.78 is 2.02. The van der Waals surface area contributed by atoms with E-state index in [0.717, 1.165) is 18.9 Å². The average Bonchev–Trinajstić information content (AvgIpc) is 2.69. The Kier molecular flexibility index (Phi) is 8.02. The van der Waals surface area contributed by atoms with Gasteiger partial charge in [-0.2, -0.15) is 5.10 Å². The van der Waals surface area contributed by atoms with Crippen molar-refractivity contribution >= 4 is 0 Å². The lowest BCUT2D eigenvalue weighted by Crippen LogP contribution is -2.33. The molecule has 1 N–H and O–H groups in total. The van der Waals surface area contributed by atoms with Gasteiger partial charge in [-0.3, -0.25) is 4.68 Å². The van der Waals surface area contributed by atoms with Crippen LogP contribution in [0.4, 0.5) is 0 Å². The first-order valence-corrected chi connectivity index (χ1v) is 8.75. The Morgan fingerprint density at radius 2 is 1.90 bits per heavy atom. The number of nitrogens with zero attached hydrogens (tertiary/aromatic N) is 2. The van der Waals surface area contributed by atoms with E-state index in [9.17, 15) is 0 Å². The first-order chi connectivity index (χ1) is 10.0. The molecule has 0 saturated heterocycles. The molecule has 1 aromatic heterocycles. The SMILES string of the molecule is CCCCC(CC)CC(Cc1c(C)nn(C)c1C)NCC. The van der Waals surface area contributed by atoms with Gasteiger partial charge in [0.15, 0.2) is 0 Å². The van der Waals surface area contributed by atoms with Gasteiger partial charge in [-0.15, -0.1) is 0 Å². The molecule has 0 aliphatic heterocycles. The Bertz CT molecular complexity index is 409. The van der Waals surface area contributed by atoms with Crippen molar-refractivity contribution in [2.45, 2.75) is 79.2 Å². The van der Waals surface area contributed by atoms with E-state index in [1.807, 2.05) is 11.7 Å². The summed E-state index contributed by atoms with van der Waals surface area (Å²) in [6, 6.07) is 0.582. The van der Waals surface area contributed by atoms with Crippen LogP contribution < -0.4 is 5.32 Å². The van der Waals surface area contributed by atoms with Gasteiger partial charge in [0.2, 0.25) is 0 Å². The summed E-state index contributed by atoms with van der Waals surface area (Å²) in [5.74, 6) is 0.853. The fourth-order valence-corrected chi connectivity index (χ4v) is 3.27. The maximum absolute atomic E-state index is 4.56. The lowest BCUT2D eigenvalue weighted by Gasteiger charge is -2.24. The third-order valence-electron chi connectivity index (χ3n) is 4.76. The molecule has 1 aromatic rings. The molecule has 0 aliphatic carbocycles. The van der Waals surface area contributed by atoms with Crippen LogP contribution in [0.1, 0.15) is 69.8 Å². The van der Waals surface area contributed by atoms with Crippen LogP contribution in [-0.4, -0.2) is 22.4 Å². The Hall–Kier alpha value is -0.830. The summed E-state index contributed by atoms with van der Waals surface area (Å²) in [5, 5.41) is 8.26. The number of hydrogen-bond donors (Lipinski definition) is 1. The molecule has 0 fully saturated rings. The van der Waals surface area contributed by atoms with Gasteiger partial charge in [0, 0.05) is 18.8 Å². The number of likely N-dealkylation sites (N-methyl/N-ethyl adjacent to an activating group) is 1. The second kappa shape index (κ2) is 9.24. The molecule has 0 spiro atoms. The zero-order valence-electron chi connectivity index (χ0n) is 15.0. The number of nitrogens with one attached hydrogen (secondary N) is 1. The van der Waals surface area contributed by atoms with Crippen LogP contribution in [0, 0.1) is 19.8 Å². The smallest absolute Gasteiger partial charge is 0.0628 e. The van der Waals surface area contributed by atoms with Crippen LogP contribution in [0.15, 0.2) is 0 Å². The van der Waals surface area contributed by atoms with Gasteiger partial charge in [0.25, 0.3) is 0 Å². The quantitative estimate of drug-likeness (QED) is 0.702. The summed E-state index contributed by atoms with van der Waals surface area (Å²) in [5.41, 5.74) is 3.95. The normalized spacial score (nSPS) is 14.4. The highest BCUT2D eigenvalue weighted by Crippen LogP contribution is 2.22. The topological polar surface area (TPSA) is 29.9 Å². The Balaban J connectivity index is 2.72. The van der Waals surface area contributed by atoms with E-state index >= 15 is 0 Å². The van der Waals surface area contributed by atoms with Crippen LogP contribution in [-0.2, 0) is 13.5 Å². The van der Waals surface area contributed by atoms with Gasteiger partial charge < -0.3 is 5.32 Å². The van der Waals surface area contributed by atoms with Crippen molar-refractivity contribution < 1.29 is 0 Å². The first-order valence-electron chi connectivity index (χ1n) is 8.75. The average molecular weight is 293 g/mol. The minimum absolute atomic E-state index is 0.582. The maximum atomic E-state index is 4.56. The summed E-state index contributed by atoms with van der Waals surface area (Å²) in [7, 11) is 2.05. The molecular weight excluding hydrogens is 258 g/mol. The highest BCUT2D eigenvalue weighted by molar-refractivity contribution is 5.25. The van der Waals surface area contributed by atoms with Crippen LogP contribution in [0.25, 0.3) is 0 Å². The van der Waals surface area contributed by atoms with Crippen molar-refractivity contribution in [3.8, 4) is 0 Å². The first kappa shape index (κ1) is 18.2. The number of hydrogen-bond acceptors (Lipinski definition) is 2. The highest BCUT2D eigenvalue weighted by atomic mass is 15.3. The molecule has 1 heterocycles. The zero-order valence-corrected chi connectivity index (χ0v) is 15.0. The summed E-state index contributed by atoms with van der Waals surface area (Å²) >= 11 is 0. The van der Waals surface area contributed by atoms with Crippen LogP contribution >= 0.6 is 0 Å². The molecule has 122 valence electrons. The van der Waals surface area contributed by atoms with Gasteiger partial charge in [-0.05, 0) is 44.7 Å². The third-order valence-corrected chi connectivity index (χ3v) is 4.76. The van der Waals surface area contributed by atoms with E-state index in [-0.39, 0.29) is 0 Å². The molecule has 0 aromatic carbocycles. The summed E-state index contributed by atoms with van der Waals surface area (Å²) in [4.78, 5) is 0. The Labute approximate surface area is 131 Å². The van der Waals surface area contributed by atoms with E-state index < -0.39 is 0 Å². The van der Waals surface area contributed by atoms with Crippen molar-refractivity contribution in [3.63, 3.8) is 0 Å². The molecule has 2 unspecified atom stereocenters. The maximum Gasteiger partial charge on any atom is 0.0628 e. The fraction of sp³-hybridized carbons (Fsp3) is 0.833. The largest absolute Gasteiger partial charge is 0.314 e. The van der Waals surface area contributed by atoms with E-state index in [4.69, 9.17) is 0 Å². The van der Waals surface area contributed by atoms with Crippen molar-refractivity contribution in [1.29, 1.82) is 0 Å².